The van der Waals surface area contributed by atoms with E-state index in [1.54, 1.807) is 24.3 Å². The topological polar surface area (TPSA) is 96.5 Å². The second-order valence-corrected chi connectivity index (χ2v) is 7.76. The number of ether oxygens (including phenoxy) is 1. The summed E-state index contributed by atoms with van der Waals surface area (Å²) in [5.41, 5.74) is 1.11. The third kappa shape index (κ3) is 4.49. The number of benzene rings is 1. The molecule has 2 aliphatic heterocycles. The molecule has 0 bridgehead atoms. The first-order chi connectivity index (χ1) is 12.6. The Morgan fingerprint density at radius 1 is 1.23 bits per heavy atom. The molecule has 0 radical (unpaired) electrons. The lowest BCUT2D eigenvalue weighted by atomic mass is 10.0. The van der Waals surface area contributed by atoms with Gasteiger partial charge in [-0.25, -0.2) is 9.59 Å². The number of anilines is 1. The predicted molar refractivity (Wildman–Crippen MR) is 100 cm³/mol. The number of esters is 1. The van der Waals surface area contributed by atoms with Gasteiger partial charge < -0.3 is 20.7 Å². The van der Waals surface area contributed by atoms with Crippen LogP contribution in [0.25, 0.3) is 0 Å². The molecule has 1 aromatic carbocycles. The van der Waals surface area contributed by atoms with E-state index in [4.69, 9.17) is 0 Å². The van der Waals surface area contributed by atoms with Crippen molar-refractivity contribution in [3.05, 3.63) is 29.8 Å². The monoisotopic (exact) mass is 377 g/mol. The first kappa shape index (κ1) is 18.6. The van der Waals surface area contributed by atoms with Gasteiger partial charge in [-0.1, -0.05) is 6.42 Å². The fraction of sp³-hybridized carbons (Fsp3) is 0.500. The summed E-state index contributed by atoms with van der Waals surface area (Å²) in [6, 6.07) is 7.02. The van der Waals surface area contributed by atoms with E-state index in [2.05, 4.69) is 20.7 Å². The Morgan fingerprint density at radius 2 is 2.00 bits per heavy atom. The fourth-order valence-corrected chi connectivity index (χ4v) is 4.85. The van der Waals surface area contributed by atoms with Gasteiger partial charge in [0.15, 0.2) is 0 Å². The van der Waals surface area contributed by atoms with Crippen LogP contribution in [0, 0.1) is 0 Å². The van der Waals surface area contributed by atoms with Crippen LogP contribution in [0.3, 0.4) is 0 Å². The zero-order chi connectivity index (χ0) is 18.5. The highest BCUT2D eigenvalue weighted by Gasteiger charge is 2.42. The average Bonchev–Trinajstić information content (AvgIpc) is 3.18. The number of methoxy groups -OCH3 is 1. The van der Waals surface area contributed by atoms with Gasteiger partial charge >= 0.3 is 12.0 Å². The average molecular weight is 377 g/mol. The van der Waals surface area contributed by atoms with Crippen LogP contribution in [0.4, 0.5) is 10.5 Å². The molecule has 3 N–H and O–H groups in total. The van der Waals surface area contributed by atoms with Gasteiger partial charge in [0.1, 0.15) is 0 Å². The second-order valence-electron chi connectivity index (χ2n) is 6.48. The van der Waals surface area contributed by atoms with E-state index >= 15 is 0 Å². The quantitative estimate of drug-likeness (QED) is 0.384. The maximum absolute atomic E-state index is 12.0. The zero-order valence-electron chi connectivity index (χ0n) is 14.6. The van der Waals surface area contributed by atoms with Gasteiger partial charge in [0.2, 0.25) is 5.91 Å². The molecule has 0 aromatic heterocycles. The molecule has 3 atom stereocenters. The van der Waals surface area contributed by atoms with Gasteiger partial charge in [-0.2, -0.15) is 11.8 Å². The number of amides is 3. The number of carbonyl (C=O) groups excluding carboxylic acids is 3. The molecular formula is C18H23N3O4S. The smallest absolute Gasteiger partial charge is 0.337 e. The summed E-state index contributed by atoms with van der Waals surface area (Å²) in [5, 5.41) is 9.17. The van der Waals surface area contributed by atoms with Gasteiger partial charge in [-0.3, -0.25) is 4.79 Å². The van der Waals surface area contributed by atoms with Crippen LogP contribution in [-0.4, -0.2) is 48.1 Å². The summed E-state index contributed by atoms with van der Waals surface area (Å²) in [5.74, 6) is 0.517. The summed E-state index contributed by atoms with van der Waals surface area (Å²) in [7, 11) is 1.33. The van der Waals surface area contributed by atoms with Gasteiger partial charge in [0.05, 0.1) is 24.8 Å². The molecule has 7 nitrogen and oxygen atoms in total. The van der Waals surface area contributed by atoms with Crippen molar-refractivity contribution in [2.75, 3.05) is 18.2 Å². The molecule has 3 rings (SSSR count). The Kier molecular flexibility index (Phi) is 6.03. The molecule has 0 unspecified atom stereocenters. The SMILES string of the molecule is COC(=O)c1ccc(NC(=O)CCCC[C@@H]2SC[C@@H]3NC(=O)N[C@@H]32)cc1. The van der Waals surface area contributed by atoms with Crippen molar-refractivity contribution in [3.63, 3.8) is 0 Å². The summed E-state index contributed by atoms with van der Waals surface area (Å²) < 4.78 is 4.64. The van der Waals surface area contributed by atoms with Gasteiger partial charge in [0.25, 0.3) is 0 Å². The van der Waals surface area contributed by atoms with Crippen molar-refractivity contribution < 1.29 is 19.1 Å². The molecule has 2 heterocycles. The Hall–Kier alpha value is -2.22. The molecule has 0 aliphatic carbocycles. The van der Waals surface area contributed by atoms with E-state index < -0.39 is 5.97 Å². The highest BCUT2D eigenvalue weighted by molar-refractivity contribution is 8.00. The van der Waals surface area contributed by atoms with Crippen molar-refractivity contribution in [2.24, 2.45) is 0 Å². The number of thioether (sulfide) groups is 1. The summed E-state index contributed by atoms with van der Waals surface area (Å²) >= 11 is 1.89. The number of nitrogens with one attached hydrogen (secondary N) is 3. The van der Waals surface area contributed by atoms with E-state index in [1.165, 1.54) is 7.11 Å². The van der Waals surface area contributed by atoms with Crippen molar-refractivity contribution in [1.29, 1.82) is 0 Å². The maximum atomic E-state index is 12.0. The molecule has 2 fully saturated rings. The molecule has 0 spiro atoms. The van der Waals surface area contributed by atoms with Crippen molar-refractivity contribution in [1.82, 2.24) is 10.6 Å². The third-order valence-electron chi connectivity index (χ3n) is 4.67. The van der Waals surface area contributed by atoms with Crippen molar-refractivity contribution >= 4 is 35.4 Å². The Balaban J connectivity index is 1.35. The van der Waals surface area contributed by atoms with Crippen LogP contribution in [0.15, 0.2) is 24.3 Å². The normalized spacial score (nSPS) is 23.7. The highest BCUT2D eigenvalue weighted by atomic mass is 32.2. The molecule has 2 saturated heterocycles. The Labute approximate surface area is 156 Å². The van der Waals surface area contributed by atoms with Crippen molar-refractivity contribution in [2.45, 2.75) is 43.0 Å². The van der Waals surface area contributed by atoms with Gasteiger partial charge in [-0.05, 0) is 37.1 Å². The van der Waals surface area contributed by atoms with Crippen LogP contribution < -0.4 is 16.0 Å². The Bertz CT molecular complexity index is 680. The number of rotatable bonds is 7. The lowest BCUT2D eigenvalue weighted by Crippen LogP contribution is -2.36. The first-order valence-corrected chi connectivity index (χ1v) is 9.78. The molecule has 1 aromatic rings. The Morgan fingerprint density at radius 3 is 2.73 bits per heavy atom. The summed E-state index contributed by atoms with van der Waals surface area (Å²) in [4.78, 5) is 34.8. The number of hydrogen-bond donors (Lipinski definition) is 3. The highest BCUT2D eigenvalue weighted by Crippen LogP contribution is 2.33. The van der Waals surface area contributed by atoms with Crippen LogP contribution in [-0.2, 0) is 9.53 Å². The number of carbonyl (C=O) groups is 3. The number of unbranched alkanes of at least 4 members (excludes halogenated alkanes) is 1. The maximum Gasteiger partial charge on any atom is 0.337 e. The van der Waals surface area contributed by atoms with Gasteiger partial charge in [0, 0.05) is 23.1 Å². The summed E-state index contributed by atoms with van der Waals surface area (Å²) in [6.45, 7) is 0. The lowest BCUT2D eigenvalue weighted by Gasteiger charge is -2.16. The lowest BCUT2D eigenvalue weighted by molar-refractivity contribution is -0.116. The molecule has 0 saturated carbocycles. The summed E-state index contributed by atoms with van der Waals surface area (Å²) in [6.07, 6.45) is 3.21. The minimum absolute atomic E-state index is 0.0383. The largest absolute Gasteiger partial charge is 0.465 e. The fourth-order valence-electron chi connectivity index (χ4n) is 3.31. The van der Waals surface area contributed by atoms with E-state index in [0.717, 1.165) is 25.0 Å². The molecular weight excluding hydrogens is 354 g/mol. The van der Waals surface area contributed by atoms with Crippen LogP contribution in [0.5, 0.6) is 0 Å². The number of fused-ring (bicyclic) bond motifs is 1. The predicted octanol–water partition coefficient (Wildman–Crippen LogP) is 2.14. The molecule has 3 amide bonds. The molecule has 140 valence electrons. The van der Waals surface area contributed by atoms with E-state index in [9.17, 15) is 14.4 Å². The minimum Gasteiger partial charge on any atom is -0.465 e. The minimum atomic E-state index is -0.399. The molecule has 8 heteroatoms. The molecule has 2 aliphatic rings. The second kappa shape index (κ2) is 8.44. The van der Waals surface area contributed by atoms with Crippen molar-refractivity contribution in [3.8, 4) is 0 Å². The number of hydrogen-bond acceptors (Lipinski definition) is 5. The third-order valence-corrected chi connectivity index (χ3v) is 6.18. The van der Waals surface area contributed by atoms with E-state index in [0.29, 0.717) is 22.9 Å². The van der Waals surface area contributed by atoms with Gasteiger partial charge in [-0.15, -0.1) is 0 Å². The number of urea groups is 1. The standard InChI is InChI=1S/C18H23N3O4S/c1-25-17(23)11-6-8-12(9-7-11)19-15(22)5-3-2-4-14-16-13(10-26-14)20-18(24)21-16/h6-9,13-14,16H,2-5,10H2,1H3,(H,19,22)(H2,20,21,24)/t13-,14-,16-/m0/s1. The molecule has 26 heavy (non-hydrogen) atoms. The van der Waals surface area contributed by atoms with Crippen LogP contribution >= 0.6 is 11.8 Å². The van der Waals surface area contributed by atoms with Crippen LogP contribution in [0.1, 0.15) is 36.0 Å². The van der Waals surface area contributed by atoms with E-state index in [1.807, 2.05) is 11.8 Å². The zero-order valence-corrected chi connectivity index (χ0v) is 15.4. The van der Waals surface area contributed by atoms with E-state index in [-0.39, 0.29) is 24.0 Å². The first-order valence-electron chi connectivity index (χ1n) is 8.73. The van der Waals surface area contributed by atoms with Crippen LogP contribution in [0.2, 0.25) is 0 Å².